The van der Waals surface area contributed by atoms with Crippen LogP contribution in [0.5, 0.6) is 0 Å². The Morgan fingerprint density at radius 1 is 0.889 bits per heavy atom. The van der Waals surface area contributed by atoms with Crippen LogP contribution in [0.1, 0.15) is 23.1 Å². The largest absolute Gasteiger partial charge is 0.416 e. The number of anilines is 1. The van der Waals surface area contributed by atoms with Crippen molar-refractivity contribution in [1.29, 1.82) is 0 Å². The summed E-state index contributed by atoms with van der Waals surface area (Å²) in [5.41, 5.74) is 1.79. The maximum Gasteiger partial charge on any atom is 0.416 e. The maximum atomic E-state index is 13.0. The number of aromatic nitrogens is 2. The number of sulfone groups is 1. The number of hydrogen-bond acceptors (Lipinski definition) is 4. The van der Waals surface area contributed by atoms with Gasteiger partial charge in [0.1, 0.15) is 0 Å². The zero-order valence-electron chi connectivity index (χ0n) is 19.7. The lowest BCUT2D eigenvalue weighted by molar-refractivity contribution is -0.137. The first-order valence-corrected chi connectivity index (χ1v) is 12.9. The molecule has 0 bridgehead atoms. The van der Waals surface area contributed by atoms with E-state index >= 15 is 0 Å². The Balaban J connectivity index is 1.55. The minimum Gasteiger partial charge on any atom is -0.367 e. The number of rotatable bonds is 9. The highest BCUT2D eigenvalue weighted by Crippen LogP contribution is 2.30. The van der Waals surface area contributed by atoms with E-state index in [2.05, 4.69) is 4.98 Å². The van der Waals surface area contributed by atoms with Crippen molar-refractivity contribution in [3.63, 3.8) is 0 Å². The standard InChI is InChI=1S/C27H26F3N3O2S/c1-21-3-11-25(12-4-21)36(34,35)26-13-9-24(10-14-26)33(17-2-16-32-18-15-31-20-32)19-22-5-7-23(8-6-22)27(28,29)30/h3-15,18,20H,2,16-17,19H2,1H3. The van der Waals surface area contributed by atoms with Gasteiger partial charge in [-0.25, -0.2) is 13.4 Å². The summed E-state index contributed by atoms with van der Waals surface area (Å²) in [6.07, 6.45) is 1.67. The molecule has 4 rings (SSSR count). The first-order chi connectivity index (χ1) is 17.1. The first-order valence-electron chi connectivity index (χ1n) is 11.4. The van der Waals surface area contributed by atoms with Crippen LogP contribution in [0.15, 0.2) is 101 Å². The molecule has 5 nitrogen and oxygen atoms in total. The predicted molar refractivity (Wildman–Crippen MR) is 132 cm³/mol. The van der Waals surface area contributed by atoms with E-state index in [4.69, 9.17) is 0 Å². The van der Waals surface area contributed by atoms with Crippen molar-refractivity contribution >= 4 is 15.5 Å². The molecular formula is C27H26F3N3O2S. The molecule has 0 unspecified atom stereocenters. The fraction of sp³-hybridized carbons (Fsp3) is 0.222. The molecular weight excluding hydrogens is 487 g/mol. The molecule has 0 aliphatic heterocycles. The van der Waals surface area contributed by atoms with Gasteiger partial charge in [0.25, 0.3) is 0 Å². The highest BCUT2D eigenvalue weighted by atomic mass is 32.2. The lowest BCUT2D eigenvalue weighted by Gasteiger charge is -2.25. The minimum absolute atomic E-state index is 0.183. The van der Waals surface area contributed by atoms with Gasteiger partial charge in [0.05, 0.1) is 21.7 Å². The maximum absolute atomic E-state index is 13.0. The zero-order valence-corrected chi connectivity index (χ0v) is 20.5. The Morgan fingerprint density at radius 2 is 1.50 bits per heavy atom. The molecule has 0 aliphatic carbocycles. The molecule has 0 amide bonds. The van der Waals surface area contributed by atoms with Gasteiger partial charge in [-0.15, -0.1) is 0 Å². The molecule has 1 aromatic heterocycles. The van der Waals surface area contributed by atoms with Crippen molar-refractivity contribution in [1.82, 2.24) is 9.55 Å². The summed E-state index contributed by atoms with van der Waals surface area (Å²) in [4.78, 5) is 6.47. The molecule has 4 aromatic rings. The van der Waals surface area contributed by atoms with Crippen molar-refractivity contribution in [2.45, 2.75) is 42.4 Å². The Bertz CT molecular complexity index is 1370. The van der Waals surface area contributed by atoms with E-state index in [1.54, 1.807) is 61.1 Å². The fourth-order valence-corrected chi connectivity index (χ4v) is 5.13. The molecule has 9 heteroatoms. The van der Waals surface area contributed by atoms with Crippen molar-refractivity contribution in [3.8, 4) is 0 Å². The van der Waals surface area contributed by atoms with Crippen molar-refractivity contribution in [3.05, 3.63) is 108 Å². The molecule has 36 heavy (non-hydrogen) atoms. The monoisotopic (exact) mass is 513 g/mol. The quantitative estimate of drug-likeness (QED) is 0.270. The number of nitrogens with zero attached hydrogens (tertiary/aromatic N) is 3. The van der Waals surface area contributed by atoms with Crippen LogP contribution in [0, 0.1) is 6.92 Å². The molecule has 0 radical (unpaired) electrons. The molecule has 188 valence electrons. The van der Waals surface area contributed by atoms with Crippen LogP contribution in [0.25, 0.3) is 0 Å². The predicted octanol–water partition coefficient (Wildman–Crippen LogP) is 6.14. The molecule has 0 saturated heterocycles. The lowest BCUT2D eigenvalue weighted by Crippen LogP contribution is -2.25. The van der Waals surface area contributed by atoms with Crippen LogP contribution in [0.4, 0.5) is 18.9 Å². The highest BCUT2D eigenvalue weighted by Gasteiger charge is 2.30. The first kappa shape index (κ1) is 25.5. The topological polar surface area (TPSA) is 55.2 Å². The van der Waals surface area contributed by atoms with E-state index < -0.39 is 21.6 Å². The van der Waals surface area contributed by atoms with Crippen LogP contribution >= 0.6 is 0 Å². The van der Waals surface area contributed by atoms with Crippen molar-refractivity contribution < 1.29 is 21.6 Å². The number of imidazole rings is 1. The summed E-state index contributed by atoms with van der Waals surface area (Å²) in [6.45, 7) is 3.61. The minimum atomic E-state index is -4.39. The molecule has 0 saturated carbocycles. The van der Waals surface area contributed by atoms with Crippen LogP contribution in [-0.2, 0) is 29.1 Å². The third-order valence-corrected chi connectivity index (χ3v) is 7.69. The van der Waals surface area contributed by atoms with Gasteiger partial charge in [0.15, 0.2) is 0 Å². The van der Waals surface area contributed by atoms with Crippen LogP contribution in [0.2, 0.25) is 0 Å². The smallest absolute Gasteiger partial charge is 0.367 e. The number of halogens is 3. The second-order valence-electron chi connectivity index (χ2n) is 8.58. The van der Waals surface area contributed by atoms with Gasteiger partial charge in [-0.1, -0.05) is 29.8 Å². The number of benzene rings is 3. The van der Waals surface area contributed by atoms with Crippen LogP contribution in [-0.4, -0.2) is 24.5 Å². The molecule has 0 fully saturated rings. The van der Waals surface area contributed by atoms with Gasteiger partial charge >= 0.3 is 6.18 Å². The molecule has 0 spiro atoms. The summed E-state index contributed by atoms with van der Waals surface area (Å²) in [5.74, 6) is 0. The number of aryl methyl sites for hydroxylation is 2. The highest BCUT2D eigenvalue weighted by molar-refractivity contribution is 7.91. The third kappa shape index (κ3) is 6.15. The van der Waals surface area contributed by atoms with Crippen molar-refractivity contribution in [2.75, 3.05) is 11.4 Å². The Labute approximate surface area is 208 Å². The zero-order chi connectivity index (χ0) is 25.8. The lowest BCUT2D eigenvalue weighted by atomic mass is 10.1. The second-order valence-corrected chi connectivity index (χ2v) is 10.5. The normalized spacial score (nSPS) is 12.0. The van der Waals surface area contributed by atoms with Gasteiger partial charge < -0.3 is 9.47 Å². The average Bonchev–Trinajstić information content (AvgIpc) is 3.37. The van der Waals surface area contributed by atoms with E-state index in [1.165, 1.54) is 12.1 Å². The second kappa shape index (κ2) is 10.6. The van der Waals surface area contributed by atoms with Gasteiger partial charge in [0, 0.05) is 37.7 Å². The Morgan fingerprint density at radius 3 is 2.06 bits per heavy atom. The van der Waals surface area contributed by atoms with E-state index in [9.17, 15) is 21.6 Å². The summed E-state index contributed by atoms with van der Waals surface area (Å²) < 4.78 is 66.9. The van der Waals surface area contributed by atoms with E-state index in [1.807, 2.05) is 22.6 Å². The van der Waals surface area contributed by atoms with Gasteiger partial charge in [-0.3, -0.25) is 0 Å². The molecule has 0 atom stereocenters. The fourth-order valence-electron chi connectivity index (χ4n) is 3.87. The van der Waals surface area contributed by atoms with Crippen LogP contribution < -0.4 is 4.90 Å². The van der Waals surface area contributed by atoms with Crippen molar-refractivity contribution in [2.24, 2.45) is 0 Å². The van der Waals surface area contributed by atoms with Gasteiger partial charge in [0.2, 0.25) is 9.84 Å². The Hall–Kier alpha value is -3.59. The molecule has 3 aromatic carbocycles. The Kier molecular flexibility index (Phi) is 7.49. The SMILES string of the molecule is Cc1ccc(S(=O)(=O)c2ccc(N(CCCn3ccnc3)Cc3ccc(C(F)(F)F)cc3)cc2)cc1. The summed E-state index contributed by atoms with van der Waals surface area (Å²) in [5, 5.41) is 0. The summed E-state index contributed by atoms with van der Waals surface area (Å²) in [6, 6.07) is 18.4. The van der Waals surface area contributed by atoms with Gasteiger partial charge in [-0.2, -0.15) is 13.2 Å². The molecule has 0 aliphatic rings. The van der Waals surface area contributed by atoms with Gasteiger partial charge in [-0.05, 0) is 67.4 Å². The van der Waals surface area contributed by atoms with Crippen LogP contribution in [0.3, 0.4) is 0 Å². The number of hydrogen-bond donors (Lipinski definition) is 0. The van der Waals surface area contributed by atoms with E-state index in [0.29, 0.717) is 13.1 Å². The summed E-state index contributed by atoms with van der Waals surface area (Å²) in [7, 11) is -3.66. The third-order valence-electron chi connectivity index (χ3n) is 5.90. The molecule has 0 N–H and O–H groups in total. The molecule has 1 heterocycles. The van der Waals surface area contributed by atoms with E-state index in [0.717, 1.165) is 41.9 Å². The number of alkyl halides is 3. The average molecular weight is 514 g/mol. The summed E-state index contributed by atoms with van der Waals surface area (Å²) >= 11 is 0. The van der Waals surface area contributed by atoms with E-state index in [-0.39, 0.29) is 9.79 Å².